The molecule has 2 heterocycles. The van der Waals surface area contributed by atoms with Crippen LogP contribution in [-0.4, -0.2) is 37.0 Å². The van der Waals surface area contributed by atoms with Gasteiger partial charge in [-0.05, 0) is 74.5 Å². The van der Waals surface area contributed by atoms with Crippen molar-refractivity contribution < 1.29 is 9.18 Å². The molecule has 0 bridgehead atoms. The Morgan fingerprint density at radius 3 is 2.53 bits per heavy atom. The van der Waals surface area contributed by atoms with E-state index in [0.717, 1.165) is 50.5 Å². The average molecular weight is 458 g/mol. The number of nitrogens with zero attached hydrogens (tertiary/aromatic N) is 2. The highest BCUT2D eigenvalue weighted by Gasteiger charge is 2.25. The summed E-state index contributed by atoms with van der Waals surface area (Å²) in [5.41, 5.74) is 3.05. The lowest BCUT2D eigenvalue weighted by atomic mass is 9.95. The monoisotopic (exact) mass is 457 g/mol. The SMILES string of the molecule is CC1CCCN(c2ccc(CNC(=O)C3CCN(Cc4ccc(Cl)cc4F)CC3)cc2)C1. The van der Waals surface area contributed by atoms with Gasteiger partial charge >= 0.3 is 0 Å². The fourth-order valence-corrected chi connectivity index (χ4v) is 4.98. The quantitative estimate of drug-likeness (QED) is 0.644. The molecule has 32 heavy (non-hydrogen) atoms. The van der Waals surface area contributed by atoms with E-state index in [1.54, 1.807) is 12.1 Å². The maximum absolute atomic E-state index is 14.0. The lowest BCUT2D eigenvalue weighted by Crippen LogP contribution is -2.40. The van der Waals surface area contributed by atoms with Crippen molar-refractivity contribution in [3.8, 4) is 0 Å². The van der Waals surface area contributed by atoms with Crippen molar-refractivity contribution in [3.63, 3.8) is 0 Å². The summed E-state index contributed by atoms with van der Waals surface area (Å²) in [4.78, 5) is 17.3. The number of carbonyl (C=O) groups excluding carboxylic acids is 1. The molecule has 0 aromatic heterocycles. The Morgan fingerprint density at radius 2 is 1.84 bits per heavy atom. The molecule has 0 spiro atoms. The van der Waals surface area contributed by atoms with Crippen molar-refractivity contribution in [1.29, 1.82) is 0 Å². The molecular weight excluding hydrogens is 425 g/mol. The molecule has 0 radical (unpaired) electrons. The number of rotatable bonds is 6. The number of piperidine rings is 2. The Kier molecular flexibility index (Phi) is 7.69. The number of benzene rings is 2. The summed E-state index contributed by atoms with van der Waals surface area (Å²) < 4.78 is 14.0. The third-order valence-electron chi connectivity index (χ3n) is 6.79. The van der Waals surface area contributed by atoms with Crippen LogP contribution in [0.2, 0.25) is 5.02 Å². The largest absolute Gasteiger partial charge is 0.371 e. The number of halogens is 2. The molecule has 2 aliphatic rings. The molecule has 1 N–H and O–H groups in total. The first kappa shape index (κ1) is 23.1. The molecule has 0 aliphatic carbocycles. The standard InChI is InChI=1S/C26H33ClFN3O/c1-19-3-2-12-31(17-19)24-8-4-20(5-9-24)16-29-26(32)21-10-13-30(14-11-21)18-22-6-7-23(27)15-25(22)28/h4-9,15,19,21H,2-3,10-14,16-18H2,1H3,(H,29,32). The maximum atomic E-state index is 14.0. The predicted octanol–water partition coefficient (Wildman–Crippen LogP) is 5.24. The van der Waals surface area contributed by atoms with Gasteiger partial charge in [0.15, 0.2) is 0 Å². The average Bonchev–Trinajstić information content (AvgIpc) is 2.80. The van der Waals surface area contributed by atoms with Gasteiger partial charge in [-0.25, -0.2) is 4.39 Å². The first-order valence-corrected chi connectivity index (χ1v) is 12.1. The van der Waals surface area contributed by atoms with Gasteiger partial charge in [0.25, 0.3) is 0 Å². The van der Waals surface area contributed by atoms with Gasteiger partial charge in [0.05, 0.1) is 0 Å². The van der Waals surface area contributed by atoms with Crippen LogP contribution in [0.15, 0.2) is 42.5 Å². The van der Waals surface area contributed by atoms with Crippen LogP contribution < -0.4 is 10.2 Å². The molecule has 4 nitrogen and oxygen atoms in total. The van der Waals surface area contributed by atoms with Gasteiger partial charge in [0.1, 0.15) is 5.82 Å². The van der Waals surface area contributed by atoms with Crippen LogP contribution in [0, 0.1) is 17.7 Å². The van der Waals surface area contributed by atoms with Gasteiger partial charge in [-0.2, -0.15) is 0 Å². The van der Waals surface area contributed by atoms with Gasteiger partial charge in [-0.1, -0.05) is 36.7 Å². The smallest absolute Gasteiger partial charge is 0.223 e. The zero-order chi connectivity index (χ0) is 22.5. The Morgan fingerprint density at radius 1 is 1.09 bits per heavy atom. The lowest BCUT2D eigenvalue weighted by molar-refractivity contribution is -0.126. The van der Waals surface area contributed by atoms with Crippen LogP contribution in [0.5, 0.6) is 0 Å². The zero-order valence-corrected chi connectivity index (χ0v) is 19.6. The molecule has 1 atom stereocenters. The molecular formula is C26H33ClFN3O. The Bertz CT molecular complexity index is 912. The lowest BCUT2D eigenvalue weighted by Gasteiger charge is -2.33. The first-order chi connectivity index (χ1) is 15.5. The molecule has 2 fully saturated rings. The number of hydrogen-bond acceptors (Lipinski definition) is 3. The van der Waals surface area contributed by atoms with Crippen molar-refractivity contribution in [2.75, 3.05) is 31.1 Å². The molecule has 2 aromatic carbocycles. The van der Waals surface area contributed by atoms with E-state index in [0.29, 0.717) is 23.7 Å². The topological polar surface area (TPSA) is 35.6 Å². The summed E-state index contributed by atoms with van der Waals surface area (Å²) in [6, 6.07) is 13.4. The fraction of sp³-hybridized carbons (Fsp3) is 0.500. The summed E-state index contributed by atoms with van der Waals surface area (Å²) in [6.07, 6.45) is 4.17. The highest BCUT2D eigenvalue weighted by molar-refractivity contribution is 6.30. The van der Waals surface area contributed by atoms with Crippen LogP contribution in [0.1, 0.15) is 43.7 Å². The summed E-state index contributed by atoms with van der Waals surface area (Å²) >= 11 is 5.84. The molecule has 0 saturated carbocycles. The van der Waals surface area contributed by atoms with Gasteiger partial charge in [-0.3, -0.25) is 9.69 Å². The fourth-order valence-electron chi connectivity index (χ4n) is 4.83. The minimum atomic E-state index is -0.266. The van der Waals surface area contributed by atoms with E-state index in [4.69, 9.17) is 11.6 Å². The van der Waals surface area contributed by atoms with E-state index in [1.165, 1.54) is 24.6 Å². The Hall–Kier alpha value is -2.11. The summed E-state index contributed by atoms with van der Waals surface area (Å²) in [7, 11) is 0. The van der Waals surface area contributed by atoms with Crippen LogP contribution in [0.4, 0.5) is 10.1 Å². The highest BCUT2D eigenvalue weighted by Crippen LogP contribution is 2.24. The second-order valence-corrected chi connectivity index (χ2v) is 9.80. The van der Waals surface area contributed by atoms with Crippen molar-refractivity contribution in [1.82, 2.24) is 10.2 Å². The van der Waals surface area contributed by atoms with E-state index >= 15 is 0 Å². The zero-order valence-electron chi connectivity index (χ0n) is 18.8. The Labute approximate surface area is 195 Å². The van der Waals surface area contributed by atoms with Crippen LogP contribution in [0.25, 0.3) is 0 Å². The molecule has 4 rings (SSSR count). The summed E-state index contributed by atoms with van der Waals surface area (Å²) in [6.45, 7) is 7.27. The van der Waals surface area contributed by atoms with Gasteiger partial charge in [0, 0.05) is 48.4 Å². The summed E-state index contributed by atoms with van der Waals surface area (Å²) in [5, 5.41) is 3.52. The normalized spacial score (nSPS) is 20.3. The van der Waals surface area contributed by atoms with Crippen molar-refractivity contribution in [3.05, 3.63) is 64.4 Å². The molecule has 172 valence electrons. The van der Waals surface area contributed by atoms with Crippen LogP contribution in [0.3, 0.4) is 0 Å². The van der Waals surface area contributed by atoms with Crippen LogP contribution in [-0.2, 0) is 17.9 Å². The van der Waals surface area contributed by atoms with E-state index in [-0.39, 0.29) is 17.6 Å². The molecule has 2 aromatic rings. The maximum Gasteiger partial charge on any atom is 0.223 e. The van der Waals surface area contributed by atoms with Gasteiger partial charge in [0.2, 0.25) is 5.91 Å². The van der Waals surface area contributed by atoms with Crippen molar-refractivity contribution in [2.24, 2.45) is 11.8 Å². The molecule has 2 aliphatic heterocycles. The van der Waals surface area contributed by atoms with Gasteiger partial charge in [-0.15, -0.1) is 0 Å². The van der Waals surface area contributed by atoms with Gasteiger partial charge < -0.3 is 10.2 Å². The third kappa shape index (κ3) is 6.02. The molecule has 1 unspecified atom stereocenters. The van der Waals surface area contributed by atoms with Crippen molar-refractivity contribution >= 4 is 23.2 Å². The van der Waals surface area contributed by atoms with E-state index in [9.17, 15) is 9.18 Å². The minimum Gasteiger partial charge on any atom is -0.371 e. The number of likely N-dealkylation sites (tertiary alicyclic amines) is 1. The number of hydrogen-bond donors (Lipinski definition) is 1. The van der Waals surface area contributed by atoms with E-state index in [2.05, 4.69) is 46.3 Å². The van der Waals surface area contributed by atoms with Crippen LogP contribution >= 0.6 is 11.6 Å². The summed E-state index contributed by atoms with van der Waals surface area (Å²) in [5.74, 6) is 0.629. The number of nitrogens with one attached hydrogen (secondary N) is 1. The van der Waals surface area contributed by atoms with E-state index in [1.807, 2.05) is 0 Å². The minimum absolute atomic E-state index is 0.0235. The second kappa shape index (κ2) is 10.7. The highest BCUT2D eigenvalue weighted by atomic mass is 35.5. The second-order valence-electron chi connectivity index (χ2n) is 9.36. The molecule has 6 heteroatoms. The predicted molar refractivity (Wildman–Crippen MR) is 128 cm³/mol. The molecule has 1 amide bonds. The number of amides is 1. The van der Waals surface area contributed by atoms with E-state index < -0.39 is 0 Å². The number of anilines is 1. The molecule has 2 saturated heterocycles. The number of carbonyl (C=O) groups is 1. The van der Waals surface area contributed by atoms with Crippen molar-refractivity contribution in [2.45, 2.75) is 45.7 Å². The Balaban J connectivity index is 1.21. The third-order valence-corrected chi connectivity index (χ3v) is 7.03. The first-order valence-electron chi connectivity index (χ1n) is 11.8.